The number of carboxylic acids is 1. The van der Waals surface area contributed by atoms with Crippen LogP contribution in [0.15, 0.2) is 36.4 Å². The fraction of sp³-hybridized carbons (Fsp3) is 0.167. The molecule has 0 bridgehead atoms. The van der Waals surface area contributed by atoms with Crippen LogP contribution in [0.3, 0.4) is 0 Å². The summed E-state index contributed by atoms with van der Waals surface area (Å²) >= 11 is 0. The molecule has 0 aromatic heterocycles. The molecule has 2 amide bonds. The van der Waals surface area contributed by atoms with Crippen LogP contribution in [0.25, 0.3) is 0 Å². The molecule has 21 heavy (non-hydrogen) atoms. The first-order valence-electron chi connectivity index (χ1n) is 5.80. The van der Waals surface area contributed by atoms with Crippen molar-refractivity contribution in [2.24, 2.45) is 0 Å². The van der Waals surface area contributed by atoms with Crippen LogP contribution >= 0.6 is 7.60 Å². The van der Waals surface area contributed by atoms with Crippen molar-refractivity contribution in [1.29, 1.82) is 0 Å². The highest BCUT2D eigenvalue weighted by atomic mass is 31.2. The molecule has 4 N–H and O–H groups in total. The van der Waals surface area contributed by atoms with Gasteiger partial charge in [0.1, 0.15) is 0 Å². The first kappa shape index (κ1) is 16.9. The van der Waals surface area contributed by atoms with E-state index in [-0.39, 0.29) is 23.8 Å². The second kappa shape index (κ2) is 7.03. The van der Waals surface area contributed by atoms with Gasteiger partial charge in [-0.2, -0.15) is 0 Å². The van der Waals surface area contributed by atoms with Gasteiger partial charge in [-0.25, -0.2) is 4.79 Å². The molecular weight excluding hydrogens is 299 g/mol. The lowest BCUT2D eigenvalue weighted by molar-refractivity contribution is -0.299. The van der Waals surface area contributed by atoms with Crippen LogP contribution in [-0.4, -0.2) is 28.3 Å². The van der Waals surface area contributed by atoms with E-state index in [0.717, 1.165) is 0 Å². The minimum absolute atomic E-state index is 0.0485. The van der Waals surface area contributed by atoms with Crippen molar-refractivity contribution in [3.05, 3.63) is 36.4 Å². The largest absolute Gasteiger partial charge is 0.545 e. The van der Waals surface area contributed by atoms with Crippen molar-refractivity contribution in [1.82, 2.24) is 5.32 Å². The summed E-state index contributed by atoms with van der Waals surface area (Å²) in [5.41, 5.74) is 0.213. The molecule has 0 unspecified atom stereocenters. The van der Waals surface area contributed by atoms with E-state index in [1.54, 1.807) is 0 Å². The van der Waals surface area contributed by atoms with E-state index >= 15 is 0 Å². The molecule has 0 spiro atoms. The topological polar surface area (TPSA) is 139 Å². The Bertz CT molecular complexity index is 592. The van der Waals surface area contributed by atoms with Gasteiger partial charge in [0.05, 0.1) is 11.3 Å². The molecule has 0 aliphatic rings. The Balaban J connectivity index is 2.47. The van der Waals surface area contributed by atoms with E-state index in [2.05, 4.69) is 17.2 Å². The van der Waals surface area contributed by atoms with Gasteiger partial charge in [0.25, 0.3) is 0 Å². The Morgan fingerprint density at radius 1 is 1.24 bits per heavy atom. The zero-order valence-corrected chi connectivity index (χ0v) is 11.8. The Labute approximate surface area is 120 Å². The van der Waals surface area contributed by atoms with Crippen LogP contribution in [-0.2, 0) is 9.36 Å². The van der Waals surface area contributed by atoms with Crippen LogP contribution in [0.5, 0.6) is 0 Å². The van der Waals surface area contributed by atoms with E-state index in [1.807, 2.05) is 0 Å². The van der Waals surface area contributed by atoms with Gasteiger partial charge in [-0.05, 0) is 36.3 Å². The minimum atomic E-state index is -4.31. The van der Waals surface area contributed by atoms with E-state index in [9.17, 15) is 19.3 Å². The van der Waals surface area contributed by atoms with Gasteiger partial charge in [-0.3, -0.25) is 4.57 Å². The molecule has 0 radical (unpaired) electrons. The van der Waals surface area contributed by atoms with E-state index in [1.165, 1.54) is 24.3 Å². The summed E-state index contributed by atoms with van der Waals surface area (Å²) in [7, 11) is -4.31. The molecule has 8 nitrogen and oxygen atoms in total. The van der Waals surface area contributed by atoms with Crippen molar-refractivity contribution in [3.8, 4) is 0 Å². The van der Waals surface area contributed by atoms with Crippen LogP contribution in [0.2, 0.25) is 0 Å². The second-order valence-corrected chi connectivity index (χ2v) is 5.72. The summed E-state index contributed by atoms with van der Waals surface area (Å²) in [6.07, 6.45) is 0.0485. The molecule has 0 heterocycles. The van der Waals surface area contributed by atoms with Crippen molar-refractivity contribution >= 4 is 30.6 Å². The van der Waals surface area contributed by atoms with Gasteiger partial charge in [0, 0.05) is 12.2 Å². The van der Waals surface area contributed by atoms with E-state index < -0.39 is 19.6 Å². The van der Waals surface area contributed by atoms with Crippen LogP contribution in [0.1, 0.15) is 6.42 Å². The normalized spacial score (nSPS) is 10.8. The molecule has 0 aliphatic carbocycles. The maximum absolute atomic E-state index is 11.5. The van der Waals surface area contributed by atoms with Gasteiger partial charge in [-0.1, -0.05) is 6.58 Å². The summed E-state index contributed by atoms with van der Waals surface area (Å²) < 4.78 is 11.0. The van der Waals surface area contributed by atoms with Crippen LogP contribution < -0.4 is 21.0 Å². The molecule has 0 saturated carbocycles. The number of benzene rings is 1. The zero-order valence-electron chi connectivity index (χ0n) is 10.9. The number of amides is 2. The number of urea groups is 1. The van der Waals surface area contributed by atoms with Crippen molar-refractivity contribution in [2.75, 3.05) is 11.9 Å². The molecule has 1 aromatic rings. The fourth-order valence-electron chi connectivity index (χ4n) is 1.34. The number of carboxylic acid groups (broad SMARTS) is 1. The first-order chi connectivity index (χ1) is 9.70. The molecule has 0 aliphatic heterocycles. The van der Waals surface area contributed by atoms with Gasteiger partial charge < -0.3 is 30.3 Å². The smallest absolute Gasteiger partial charge is 0.356 e. The number of rotatable bonds is 6. The standard InChI is InChI=1S/C12H15N2O6P/c1-8(11(15)16)6-7-13-12(17)14-9-2-4-10(5-3-9)21(18,19)20/h2-5H,1,6-7H2,(H,15,16)(H2,13,14,17)(H2,18,19,20)/p-1. The second-order valence-electron chi connectivity index (χ2n) is 4.11. The third-order valence-corrected chi connectivity index (χ3v) is 3.43. The molecule has 1 aromatic carbocycles. The first-order valence-corrected chi connectivity index (χ1v) is 7.41. The fourth-order valence-corrected chi connectivity index (χ4v) is 1.88. The quantitative estimate of drug-likeness (QED) is 0.405. The predicted octanol–water partition coefficient (Wildman–Crippen LogP) is -0.693. The highest BCUT2D eigenvalue weighted by Gasteiger charge is 2.16. The maximum Gasteiger partial charge on any atom is 0.356 e. The molecule has 9 heteroatoms. The highest BCUT2D eigenvalue weighted by molar-refractivity contribution is 7.60. The average Bonchev–Trinajstić information content (AvgIpc) is 2.38. The Morgan fingerprint density at radius 2 is 1.81 bits per heavy atom. The molecule has 114 valence electrons. The summed E-state index contributed by atoms with van der Waals surface area (Å²) in [4.78, 5) is 39.7. The number of aliphatic carboxylic acids is 1. The lowest BCUT2D eigenvalue weighted by Crippen LogP contribution is -2.31. The Hall–Kier alpha value is -2.15. The van der Waals surface area contributed by atoms with Crippen LogP contribution in [0, 0.1) is 0 Å². The summed E-state index contributed by atoms with van der Waals surface area (Å²) in [6.45, 7) is 3.33. The predicted molar refractivity (Wildman–Crippen MR) is 73.9 cm³/mol. The van der Waals surface area contributed by atoms with Crippen molar-refractivity contribution in [3.63, 3.8) is 0 Å². The zero-order chi connectivity index (χ0) is 16.0. The molecule has 0 atom stereocenters. The van der Waals surface area contributed by atoms with Gasteiger partial charge >= 0.3 is 13.6 Å². The molecule has 1 rings (SSSR count). The SMILES string of the molecule is C=C(CCNC(=O)Nc1ccc(P(=O)(O)O)cc1)C(=O)[O-]. The summed E-state index contributed by atoms with van der Waals surface area (Å²) in [5, 5.41) is 15.1. The summed E-state index contributed by atoms with van der Waals surface area (Å²) in [5.74, 6) is -1.37. The van der Waals surface area contributed by atoms with Crippen LogP contribution in [0.4, 0.5) is 10.5 Å². The van der Waals surface area contributed by atoms with Gasteiger partial charge in [0.2, 0.25) is 0 Å². The lowest BCUT2D eigenvalue weighted by Gasteiger charge is -2.10. The number of anilines is 1. The highest BCUT2D eigenvalue weighted by Crippen LogP contribution is 2.33. The number of nitrogens with one attached hydrogen (secondary N) is 2. The third-order valence-electron chi connectivity index (χ3n) is 2.46. The Kier molecular flexibility index (Phi) is 5.66. The molecule has 0 fully saturated rings. The number of carbonyl (C=O) groups is 2. The average molecular weight is 313 g/mol. The van der Waals surface area contributed by atoms with Crippen molar-refractivity contribution < 1.29 is 29.0 Å². The van der Waals surface area contributed by atoms with Crippen molar-refractivity contribution in [2.45, 2.75) is 6.42 Å². The van der Waals surface area contributed by atoms with Gasteiger partial charge in [-0.15, -0.1) is 0 Å². The Morgan fingerprint density at radius 3 is 2.29 bits per heavy atom. The van der Waals surface area contributed by atoms with E-state index in [0.29, 0.717) is 5.69 Å². The third kappa shape index (κ3) is 5.78. The monoisotopic (exact) mass is 313 g/mol. The maximum atomic E-state index is 11.5. The minimum Gasteiger partial charge on any atom is -0.545 e. The summed E-state index contributed by atoms with van der Waals surface area (Å²) in [6, 6.07) is 4.51. The number of hydrogen-bond acceptors (Lipinski definition) is 4. The number of carbonyl (C=O) groups excluding carboxylic acids is 2. The molecule has 0 saturated heterocycles. The van der Waals surface area contributed by atoms with E-state index in [4.69, 9.17) is 9.79 Å². The molecular formula is C12H14N2O6P-. The van der Waals surface area contributed by atoms with Gasteiger partial charge in [0.15, 0.2) is 0 Å². The number of hydrogen-bond donors (Lipinski definition) is 4. The lowest BCUT2D eigenvalue weighted by atomic mass is 10.2.